The quantitative estimate of drug-likeness (QED) is 0.809. The second-order valence-corrected chi connectivity index (χ2v) is 6.65. The van der Waals surface area contributed by atoms with Gasteiger partial charge in [-0.25, -0.2) is 9.97 Å². The van der Waals surface area contributed by atoms with Crippen LogP contribution in [0.5, 0.6) is 0 Å². The number of rotatable bonds is 3. The van der Waals surface area contributed by atoms with Gasteiger partial charge in [-0.3, -0.25) is 9.30 Å². The Balaban J connectivity index is 1.63. The van der Waals surface area contributed by atoms with Crippen LogP contribution in [0.25, 0.3) is 4.96 Å². The van der Waals surface area contributed by atoms with Gasteiger partial charge in [-0.1, -0.05) is 0 Å². The van der Waals surface area contributed by atoms with Crippen LogP contribution in [-0.2, 0) is 6.54 Å². The summed E-state index contributed by atoms with van der Waals surface area (Å²) in [6.07, 6.45) is 6.46. The van der Waals surface area contributed by atoms with E-state index in [-0.39, 0.29) is 0 Å². The zero-order chi connectivity index (χ0) is 14.4. The van der Waals surface area contributed by atoms with Crippen LogP contribution in [0.2, 0.25) is 0 Å². The molecule has 3 aromatic heterocycles. The van der Waals surface area contributed by atoms with E-state index in [0.29, 0.717) is 6.04 Å². The average molecular weight is 301 g/mol. The number of aromatic amines is 1. The number of hydrogen-bond donors (Lipinski definition) is 1. The van der Waals surface area contributed by atoms with Gasteiger partial charge in [0.2, 0.25) is 0 Å². The molecular formula is C15H19N5S. The lowest BCUT2D eigenvalue weighted by atomic mass is 10.2. The van der Waals surface area contributed by atoms with E-state index in [2.05, 4.69) is 49.7 Å². The van der Waals surface area contributed by atoms with Crippen molar-refractivity contribution in [3.05, 3.63) is 40.7 Å². The van der Waals surface area contributed by atoms with Crippen molar-refractivity contribution in [2.75, 3.05) is 6.54 Å². The molecule has 1 aliphatic heterocycles. The number of hydrogen-bond acceptors (Lipinski definition) is 4. The van der Waals surface area contributed by atoms with Crippen molar-refractivity contribution in [3.63, 3.8) is 0 Å². The highest BCUT2D eigenvalue weighted by Crippen LogP contribution is 2.32. The Kier molecular flexibility index (Phi) is 3.08. The largest absolute Gasteiger partial charge is 0.345 e. The molecule has 0 radical (unpaired) electrons. The molecule has 5 nitrogen and oxygen atoms in total. The third kappa shape index (κ3) is 2.18. The number of H-pyrrole nitrogens is 1. The van der Waals surface area contributed by atoms with E-state index in [1.165, 1.54) is 18.5 Å². The first-order valence-electron chi connectivity index (χ1n) is 7.39. The molecule has 6 heteroatoms. The number of imidazole rings is 2. The van der Waals surface area contributed by atoms with E-state index >= 15 is 0 Å². The minimum absolute atomic E-state index is 0.405. The molecule has 0 amide bonds. The summed E-state index contributed by atoms with van der Waals surface area (Å²) in [7, 11) is 0. The Bertz CT molecular complexity index is 768. The fourth-order valence-corrected chi connectivity index (χ4v) is 4.03. The molecule has 4 heterocycles. The number of nitrogens with zero attached hydrogens (tertiary/aromatic N) is 4. The number of fused-ring (bicyclic) bond motifs is 1. The Morgan fingerprint density at radius 2 is 2.33 bits per heavy atom. The van der Waals surface area contributed by atoms with Gasteiger partial charge < -0.3 is 4.98 Å². The van der Waals surface area contributed by atoms with Gasteiger partial charge in [0.05, 0.1) is 17.4 Å². The summed E-state index contributed by atoms with van der Waals surface area (Å²) < 4.78 is 2.22. The minimum Gasteiger partial charge on any atom is -0.345 e. The summed E-state index contributed by atoms with van der Waals surface area (Å²) in [5.41, 5.74) is 3.59. The van der Waals surface area contributed by atoms with E-state index in [4.69, 9.17) is 0 Å². The molecule has 1 fully saturated rings. The van der Waals surface area contributed by atoms with Gasteiger partial charge in [0.25, 0.3) is 0 Å². The Labute approximate surface area is 127 Å². The topological polar surface area (TPSA) is 49.2 Å². The van der Waals surface area contributed by atoms with Gasteiger partial charge in [-0.05, 0) is 33.2 Å². The van der Waals surface area contributed by atoms with E-state index in [9.17, 15) is 0 Å². The number of thiazole rings is 1. The van der Waals surface area contributed by atoms with Crippen molar-refractivity contribution in [2.45, 2.75) is 39.3 Å². The molecule has 110 valence electrons. The predicted molar refractivity (Wildman–Crippen MR) is 83.5 cm³/mol. The number of nitrogens with one attached hydrogen (secondary N) is 1. The Morgan fingerprint density at radius 3 is 3.14 bits per heavy atom. The molecule has 4 rings (SSSR count). The first kappa shape index (κ1) is 13.0. The fraction of sp³-hybridized carbons (Fsp3) is 0.467. The molecule has 3 aromatic rings. The van der Waals surface area contributed by atoms with Crippen LogP contribution < -0.4 is 0 Å². The third-order valence-corrected chi connectivity index (χ3v) is 5.07. The summed E-state index contributed by atoms with van der Waals surface area (Å²) in [6.45, 7) is 6.23. The van der Waals surface area contributed by atoms with E-state index in [0.717, 1.165) is 35.3 Å². The highest BCUT2D eigenvalue weighted by molar-refractivity contribution is 7.15. The second-order valence-electron chi connectivity index (χ2n) is 5.78. The van der Waals surface area contributed by atoms with Crippen molar-refractivity contribution >= 4 is 16.3 Å². The average Bonchev–Trinajstić information content (AvgIpc) is 3.17. The van der Waals surface area contributed by atoms with Gasteiger partial charge in [0.1, 0.15) is 5.82 Å². The number of likely N-dealkylation sites (tertiary alicyclic amines) is 1. The highest BCUT2D eigenvalue weighted by Gasteiger charge is 2.29. The molecule has 1 saturated heterocycles. The van der Waals surface area contributed by atoms with Crippen LogP contribution in [-0.4, -0.2) is 30.8 Å². The lowest BCUT2D eigenvalue weighted by Crippen LogP contribution is -2.24. The van der Waals surface area contributed by atoms with Crippen LogP contribution in [0.4, 0.5) is 0 Å². The normalized spacial score (nSPS) is 19.8. The molecule has 0 unspecified atom stereocenters. The van der Waals surface area contributed by atoms with E-state index < -0.39 is 0 Å². The van der Waals surface area contributed by atoms with E-state index in [1.807, 2.05) is 6.20 Å². The maximum atomic E-state index is 4.65. The van der Waals surface area contributed by atoms with Crippen LogP contribution >= 0.6 is 11.3 Å². The number of aromatic nitrogens is 4. The predicted octanol–water partition coefficient (Wildman–Crippen LogP) is 3.07. The monoisotopic (exact) mass is 301 g/mol. The molecule has 21 heavy (non-hydrogen) atoms. The molecule has 0 saturated carbocycles. The van der Waals surface area contributed by atoms with Gasteiger partial charge in [0.15, 0.2) is 4.96 Å². The second kappa shape index (κ2) is 4.96. The lowest BCUT2D eigenvalue weighted by Gasteiger charge is -2.22. The lowest BCUT2D eigenvalue weighted by molar-refractivity contribution is 0.237. The smallest absolute Gasteiger partial charge is 0.194 e. The molecular weight excluding hydrogens is 282 g/mol. The molecule has 1 atom stereocenters. The summed E-state index contributed by atoms with van der Waals surface area (Å²) in [5, 5.41) is 2.10. The van der Waals surface area contributed by atoms with Gasteiger partial charge >= 0.3 is 0 Å². The molecule has 0 aliphatic carbocycles. The fourth-order valence-electron chi connectivity index (χ4n) is 3.25. The zero-order valence-electron chi connectivity index (χ0n) is 12.3. The van der Waals surface area contributed by atoms with Crippen molar-refractivity contribution < 1.29 is 0 Å². The zero-order valence-corrected chi connectivity index (χ0v) is 13.2. The summed E-state index contributed by atoms with van der Waals surface area (Å²) >= 11 is 1.70. The molecule has 0 aromatic carbocycles. The maximum Gasteiger partial charge on any atom is 0.194 e. The highest BCUT2D eigenvalue weighted by atomic mass is 32.1. The summed E-state index contributed by atoms with van der Waals surface area (Å²) in [6, 6.07) is 0.405. The van der Waals surface area contributed by atoms with Crippen molar-refractivity contribution in [1.82, 2.24) is 24.3 Å². The molecule has 1 N–H and O–H groups in total. The van der Waals surface area contributed by atoms with Crippen LogP contribution in [0.1, 0.15) is 41.8 Å². The maximum absolute atomic E-state index is 4.65. The van der Waals surface area contributed by atoms with Crippen molar-refractivity contribution in [2.24, 2.45) is 0 Å². The molecule has 0 bridgehead atoms. The standard InChI is InChI=1S/C15H19N5S/c1-10-8-16-14(17-10)12-4-3-5-19(12)9-13-11(2)18-15-20(13)6-7-21-15/h6-8,12H,3-5,9H2,1-2H3,(H,16,17)/t12-/m0/s1. The summed E-state index contributed by atoms with van der Waals surface area (Å²) in [5.74, 6) is 1.11. The summed E-state index contributed by atoms with van der Waals surface area (Å²) in [4.78, 5) is 16.2. The first-order chi connectivity index (χ1) is 10.2. The first-order valence-corrected chi connectivity index (χ1v) is 8.27. The van der Waals surface area contributed by atoms with Crippen LogP contribution in [0.3, 0.4) is 0 Å². The Hall–Kier alpha value is -1.66. The van der Waals surface area contributed by atoms with Crippen LogP contribution in [0, 0.1) is 13.8 Å². The molecule has 0 spiro atoms. The molecule has 1 aliphatic rings. The van der Waals surface area contributed by atoms with Gasteiger partial charge in [-0.2, -0.15) is 0 Å². The SMILES string of the molecule is Cc1cnc([C@@H]2CCCN2Cc2c(C)nc3sccn23)[nH]1. The van der Waals surface area contributed by atoms with Gasteiger partial charge in [-0.15, -0.1) is 11.3 Å². The van der Waals surface area contributed by atoms with Gasteiger partial charge in [0, 0.05) is 30.0 Å². The van der Waals surface area contributed by atoms with E-state index in [1.54, 1.807) is 11.3 Å². The number of aryl methyl sites for hydroxylation is 2. The van der Waals surface area contributed by atoms with Crippen LogP contribution in [0.15, 0.2) is 17.8 Å². The van der Waals surface area contributed by atoms with Crippen molar-refractivity contribution in [1.29, 1.82) is 0 Å². The van der Waals surface area contributed by atoms with Crippen molar-refractivity contribution in [3.8, 4) is 0 Å². The Morgan fingerprint density at radius 1 is 1.43 bits per heavy atom. The third-order valence-electron chi connectivity index (χ3n) is 4.32. The minimum atomic E-state index is 0.405.